The molecule has 0 radical (unpaired) electrons. The number of benzene rings is 2. The van der Waals surface area contributed by atoms with Crippen molar-refractivity contribution in [2.24, 2.45) is 5.73 Å². The molecular weight excluding hydrogens is 525 g/mol. The van der Waals surface area contributed by atoms with E-state index in [-0.39, 0.29) is 5.56 Å². The molecule has 1 aliphatic heterocycles. The minimum Gasteiger partial charge on any atom is -0.491 e. The van der Waals surface area contributed by atoms with Gasteiger partial charge in [-0.3, -0.25) is 9.69 Å². The second-order valence-corrected chi connectivity index (χ2v) is 9.65. The number of nitrogens with one attached hydrogen (secondary N) is 2. The number of ether oxygens (including phenoxy) is 2. The van der Waals surface area contributed by atoms with E-state index in [0.717, 1.165) is 24.7 Å². The van der Waals surface area contributed by atoms with Crippen molar-refractivity contribution >= 4 is 34.5 Å². The minimum absolute atomic E-state index is 0.0687. The summed E-state index contributed by atoms with van der Waals surface area (Å²) in [5, 5.41) is 3.82. The lowest BCUT2D eigenvalue weighted by atomic mass is 9.93. The van der Waals surface area contributed by atoms with Gasteiger partial charge in [0.1, 0.15) is 30.0 Å². The van der Waals surface area contributed by atoms with Gasteiger partial charge in [-0.1, -0.05) is 11.6 Å². The van der Waals surface area contributed by atoms with Gasteiger partial charge in [-0.05, 0) is 54.3 Å². The Kier molecular flexibility index (Phi) is 8.20. The highest BCUT2D eigenvalue weighted by molar-refractivity contribution is 6.32. The largest absolute Gasteiger partial charge is 0.491 e. The first-order valence-electron chi connectivity index (χ1n) is 12.6. The van der Waals surface area contributed by atoms with Crippen LogP contribution in [0.15, 0.2) is 36.9 Å². The first-order valence-corrected chi connectivity index (χ1v) is 13.0. The van der Waals surface area contributed by atoms with E-state index < -0.39 is 11.7 Å². The van der Waals surface area contributed by atoms with Gasteiger partial charge < -0.3 is 25.5 Å². The summed E-state index contributed by atoms with van der Waals surface area (Å²) in [6, 6.07) is 5.91. The highest BCUT2D eigenvalue weighted by atomic mass is 35.5. The molecule has 0 atom stereocenters. The molecule has 2 aromatic carbocycles. The number of aromatic nitrogens is 4. The molecule has 1 aliphatic rings. The van der Waals surface area contributed by atoms with Gasteiger partial charge in [0.05, 0.1) is 19.5 Å². The van der Waals surface area contributed by atoms with Gasteiger partial charge in [-0.15, -0.1) is 0 Å². The molecule has 1 amide bonds. The van der Waals surface area contributed by atoms with Gasteiger partial charge in [0, 0.05) is 42.3 Å². The van der Waals surface area contributed by atoms with Crippen LogP contribution in [-0.4, -0.2) is 76.7 Å². The van der Waals surface area contributed by atoms with Crippen molar-refractivity contribution in [2.75, 3.05) is 51.3 Å². The third-order valence-corrected chi connectivity index (χ3v) is 7.08. The lowest BCUT2D eigenvalue weighted by Gasteiger charge is -2.27. The van der Waals surface area contributed by atoms with Crippen molar-refractivity contribution in [3.8, 4) is 16.9 Å². The molecule has 39 heavy (non-hydrogen) atoms. The Morgan fingerprint density at radius 2 is 2.05 bits per heavy atom. The van der Waals surface area contributed by atoms with Crippen LogP contribution in [0.3, 0.4) is 0 Å². The third kappa shape index (κ3) is 6.11. The van der Waals surface area contributed by atoms with E-state index in [4.69, 9.17) is 26.8 Å². The van der Waals surface area contributed by atoms with Gasteiger partial charge >= 0.3 is 0 Å². The molecule has 0 bridgehead atoms. The number of nitrogens with zero attached hydrogens (tertiary/aromatic N) is 4. The van der Waals surface area contributed by atoms with E-state index >= 15 is 0 Å². The number of amides is 1. The first-order chi connectivity index (χ1) is 18.9. The predicted octanol–water partition coefficient (Wildman–Crippen LogP) is 3.59. The molecule has 204 valence electrons. The van der Waals surface area contributed by atoms with Crippen molar-refractivity contribution in [2.45, 2.75) is 13.3 Å². The molecule has 1 saturated heterocycles. The number of anilines is 1. The summed E-state index contributed by atoms with van der Waals surface area (Å²) in [7, 11) is 0. The van der Waals surface area contributed by atoms with Crippen LogP contribution in [0.1, 0.15) is 21.5 Å². The van der Waals surface area contributed by atoms with Crippen LogP contribution in [0.4, 0.5) is 10.2 Å². The highest BCUT2D eigenvalue weighted by Crippen LogP contribution is 2.41. The number of fused-ring (bicyclic) bond motifs is 1. The standard InChI is InChI=1S/C27H29ClFN7O3/c1-16-21(28)13-17(2-3-31-26-23-27(33-14-32-23)35-15-34-26)24(39-9-6-36-4-7-38-8-5-36)22(16)18-10-19(25(30)37)12-20(29)11-18/h10-15H,2-9H2,1H3,(H2,30,37)(H2,31,32,33,34,35). The Hall–Kier alpha value is -3.80. The predicted molar refractivity (Wildman–Crippen MR) is 147 cm³/mol. The molecule has 3 heterocycles. The normalized spacial score (nSPS) is 14.0. The highest BCUT2D eigenvalue weighted by Gasteiger charge is 2.21. The molecule has 4 N–H and O–H groups in total. The van der Waals surface area contributed by atoms with E-state index in [2.05, 4.69) is 30.2 Å². The lowest BCUT2D eigenvalue weighted by molar-refractivity contribution is 0.0322. The number of H-pyrrole nitrogens is 1. The number of aromatic amines is 1. The van der Waals surface area contributed by atoms with E-state index in [1.807, 2.05) is 13.0 Å². The van der Waals surface area contributed by atoms with Crippen LogP contribution in [0.25, 0.3) is 22.3 Å². The minimum atomic E-state index is -0.718. The topological polar surface area (TPSA) is 131 Å². The summed E-state index contributed by atoms with van der Waals surface area (Å²) in [5.74, 6) is -0.0793. The van der Waals surface area contributed by atoms with Gasteiger partial charge in [0.2, 0.25) is 5.91 Å². The fourth-order valence-corrected chi connectivity index (χ4v) is 4.89. The molecule has 0 saturated carbocycles. The number of carbonyl (C=O) groups is 1. The van der Waals surface area contributed by atoms with Gasteiger partial charge in [-0.2, -0.15) is 0 Å². The molecule has 5 rings (SSSR count). The zero-order valence-electron chi connectivity index (χ0n) is 21.5. The van der Waals surface area contributed by atoms with Crippen molar-refractivity contribution in [1.29, 1.82) is 0 Å². The number of rotatable bonds is 10. The summed E-state index contributed by atoms with van der Waals surface area (Å²) in [6.45, 7) is 6.50. The number of hydrogen-bond acceptors (Lipinski definition) is 8. The Bertz CT molecular complexity index is 1490. The lowest BCUT2D eigenvalue weighted by Crippen LogP contribution is -2.38. The molecule has 4 aromatic rings. The molecule has 0 spiro atoms. The van der Waals surface area contributed by atoms with Crippen LogP contribution in [-0.2, 0) is 11.2 Å². The summed E-state index contributed by atoms with van der Waals surface area (Å²) in [6.07, 6.45) is 3.54. The second kappa shape index (κ2) is 11.9. The number of hydrogen-bond donors (Lipinski definition) is 3. The molecule has 10 nitrogen and oxygen atoms in total. The second-order valence-electron chi connectivity index (χ2n) is 9.24. The SMILES string of the molecule is Cc1c(Cl)cc(CCNc2ncnc3nc[nH]c23)c(OCCN2CCOCC2)c1-c1cc(F)cc(C(N)=O)c1. The van der Waals surface area contributed by atoms with Gasteiger partial charge in [0.15, 0.2) is 11.5 Å². The van der Waals surface area contributed by atoms with Gasteiger partial charge in [0.25, 0.3) is 0 Å². The van der Waals surface area contributed by atoms with Crippen molar-refractivity contribution in [3.05, 3.63) is 64.5 Å². The molecule has 0 unspecified atom stereocenters. The van der Waals surface area contributed by atoms with Crippen molar-refractivity contribution < 1.29 is 18.7 Å². The Morgan fingerprint density at radius 3 is 2.85 bits per heavy atom. The third-order valence-electron chi connectivity index (χ3n) is 6.69. The van der Waals surface area contributed by atoms with E-state index in [1.54, 1.807) is 12.4 Å². The van der Waals surface area contributed by atoms with E-state index in [0.29, 0.717) is 83.8 Å². The zero-order valence-corrected chi connectivity index (χ0v) is 22.2. The maximum absolute atomic E-state index is 14.6. The average Bonchev–Trinajstić information content (AvgIpc) is 3.41. The fraction of sp³-hybridized carbons (Fsp3) is 0.333. The average molecular weight is 554 g/mol. The van der Waals surface area contributed by atoms with E-state index in [1.165, 1.54) is 12.4 Å². The summed E-state index contributed by atoms with van der Waals surface area (Å²) >= 11 is 6.68. The number of morpholine rings is 1. The molecule has 12 heteroatoms. The smallest absolute Gasteiger partial charge is 0.248 e. The van der Waals surface area contributed by atoms with Crippen LogP contribution in [0.5, 0.6) is 5.75 Å². The number of nitrogens with two attached hydrogens (primary N) is 1. The number of carbonyl (C=O) groups excluding carboxylic acids is 1. The first kappa shape index (κ1) is 26.8. The maximum Gasteiger partial charge on any atom is 0.248 e. The van der Waals surface area contributed by atoms with Crippen molar-refractivity contribution in [3.63, 3.8) is 0 Å². The Balaban J connectivity index is 1.47. The molecule has 2 aromatic heterocycles. The fourth-order valence-electron chi connectivity index (χ4n) is 4.67. The zero-order chi connectivity index (χ0) is 27.4. The summed E-state index contributed by atoms with van der Waals surface area (Å²) < 4.78 is 26.4. The van der Waals surface area contributed by atoms with Crippen molar-refractivity contribution in [1.82, 2.24) is 24.8 Å². The van der Waals surface area contributed by atoms with Gasteiger partial charge in [-0.25, -0.2) is 19.3 Å². The molecule has 0 aliphatic carbocycles. The summed E-state index contributed by atoms with van der Waals surface area (Å²) in [4.78, 5) is 29.8. The van der Waals surface area contributed by atoms with Crippen LogP contribution >= 0.6 is 11.6 Å². The van der Waals surface area contributed by atoms with Crippen LogP contribution < -0.4 is 15.8 Å². The van der Waals surface area contributed by atoms with Crippen LogP contribution in [0, 0.1) is 12.7 Å². The molecule has 1 fully saturated rings. The number of halogens is 2. The van der Waals surface area contributed by atoms with E-state index in [9.17, 15) is 9.18 Å². The summed E-state index contributed by atoms with van der Waals surface area (Å²) in [5.41, 5.74) is 9.45. The maximum atomic E-state index is 14.6. The number of primary amides is 1. The Labute approximate surface area is 229 Å². The monoisotopic (exact) mass is 553 g/mol. The number of imidazole rings is 1. The van der Waals surface area contributed by atoms with Crippen LogP contribution in [0.2, 0.25) is 5.02 Å². The Morgan fingerprint density at radius 1 is 1.23 bits per heavy atom. The molecular formula is C27H29ClFN7O3. The quantitative estimate of drug-likeness (QED) is 0.271.